The van der Waals surface area contributed by atoms with Gasteiger partial charge in [-0.2, -0.15) is 0 Å². The molecule has 3 aliphatic heterocycles. The third kappa shape index (κ3) is 3.09. The first-order valence-corrected chi connectivity index (χ1v) is 11.8. The van der Waals surface area contributed by atoms with Gasteiger partial charge in [0, 0.05) is 11.3 Å². The molecule has 14 nitrogen and oxygen atoms in total. The largest absolute Gasteiger partial charge is 0.544 e. The third-order valence-corrected chi connectivity index (χ3v) is 8.04. The highest BCUT2D eigenvalue weighted by Crippen LogP contribution is 2.48. The second-order valence-corrected chi connectivity index (χ2v) is 10.2. The lowest BCUT2D eigenvalue weighted by molar-refractivity contribution is -0.340. The molecule has 4 rings (SSSR count). The number of aliphatic carboxylic acids is 1. The topological polar surface area (TPSA) is 210 Å². The Bertz CT molecular complexity index is 1160. The first-order valence-electron chi connectivity index (χ1n) is 9.23. The van der Waals surface area contributed by atoms with Crippen molar-refractivity contribution in [3.05, 3.63) is 11.1 Å². The number of esters is 1. The van der Waals surface area contributed by atoms with Gasteiger partial charge in [0.25, 0.3) is 11.8 Å². The predicted octanol–water partition coefficient (Wildman–Crippen LogP) is -3.44. The number of carboxylic acids is 1. The number of oxime groups is 1. The maximum Gasteiger partial charge on any atom is 0.308 e. The minimum absolute atomic E-state index is 0.0320. The first-order chi connectivity index (χ1) is 15.0. The normalized spacial score (nSPS) is 30.6. The Kier molecular flexibility index (Phi) is 5.08. The van der Waals surface area contributed by atoms with E-state index in [4.69, 9.17) is 15.3 Å². The summed E-state index contributed by atoms with van der Waals surface area (Å²) in [6.07, 6.45) is -0.503. The molecular weight excluding hydrogens is 470 g/mol. The summed E-state index contributed by atoms with van der Waals surface area (Å²) in [7, 11) is -4.14. The van der Waals surface area contributed by atoms with Crippen molar-refractivity contribution in [2.75, 3.05) is 18.1 Å². The number of aromatic nitrogens is 1. The molecule has 0 aliphatic carbocycles. The van der Waals surface area contributed by atoms with Crippen molar-refractivity contribution in [3.8, 4) is 0 Å². The Morgan fingerprint density at radius 1 is 1.50 bits per heavy atom. The smallest absolute Gasteiger partial charge is 0.308 e. The van der Waals surface area contributed by atoms with E-state index in [-0.39, 0.29) is 23.1 Å². The standard InChI is InChI=1S/C16H17N5O9S2/c1-2-29-20-9(7-4-31-15(17)18-7)11(23)19-10-12(24)21-13(10)32(27,28)5-6-3-8(22)30-16(6,21)14(25)26/h4,6,10,13H,2-3,5H2,1H3,(H2,17,18)(H,19,23)(H,25,26)/p-1/b20-9-/t6-,10+,13+,16+/m0/s1. The lowest BCUT2D eigenvalue weighted by atomic mass is 9.89. The molecule has 3 fully saturated rings. The van der Waals surface area contributed by atoms with Crippen LogP contribution in [-0.2, 0) is 38.6 Å². The monoisotopic (exact) mass is 486 g/mol. The van der Waals surface area contributed by atoms with Gasteiger partial charge in [-0.25, -0.2) is 13.4 Å². The van der Waals surface area contributed by atoms with Gasteiger partial charge in [-0.3, -0.25) is 19.3 Å². The predicted molar refractivity (Wildman–Crippen MR) is 103 cm³/mol. The Morgan fingerprint density at radius 3 is 2.81 bits per heavy atom. The summed E-state index contributed by atoms with van der Waals surface area (Å²) >= 11 is 1.01. The highest BCUT2D eigenvalue weighted by atomic mass is 32.2. The van der Waals surface area contributed by atoms with Crippen molar-refractivity contribution in [1.82, 2.24) is 15.2 Å². The number of rotatable bonds is 6. The number of nitrogens with zero attached hydrogens (tertiary/aromatic N) is 3. The number of hydrogen-bond donors (Lipinski definition) is 2. The number of nitrogen functional groups attached to an aromatic ring is 1. The Hall–Kier alpha value is -3.27. The van der Waals surface area contributed by atoms with Gasteiger partial charge >= 0.3 is 5.97 Å². The molecule has 2 amide bonds. The lowest BCUT2D eigenvalue weighted by Gasteiger charge is -2.58. The number of β-lactam (4-membered cyclic amide) rings is 1. The summed E-state index contributed by atoms with van der Waals surface area (Å²) in [4.78, 5) is 58.5. The van der Waals surface area contributed by atoms with Crippen LogP contribution in [0.4, 0.5) is 5.13 Å². The van der Waals surface area contributed by atoms with Crippen LogP contribution in [0.25, 0.3) is 0 Å². The second kappa shape index (κ2) is 7.40. The summed E-state index contributed by atoms with van der Waals surface area (Å²) in [6.45, 7) is 1.71. The van der Waals surface area contributed by atoms with Crippen LogP contribution in [0.3, 0.4) is 0 Å². The van der Waals surface area contributed by atoms with Gasteiger partial charge < -0.3 is 30.5 Å². The Morgan fingerprint density at radius 2 is 2.22 bits per heavy atom. The van der Waals surface area contributed by atoms with Crippen LogP contribution in [0, 0.1) is 5.92 Å². The number of anilines is 1. The molecule has 32 heavy (non-hydrogen) atoms. The lowest BCUT2D eigenvalue weighted by Crippen LogP contribution is -2.85. The fourth-order valence-electron chi connectivity index (χ4n) is 4.00. The van der Waals surface area contributed by atoms with Gasteiger partial charge in [-0.1, -0.05) is 5.16 Å². The van der Waals surface area contributed by atoms with Crippen LogP contribution in [-0.4, -0.2) is 77.3 Å². The number of carbonyl (C=O) groups is 4. The van der Waals surface area contributed by atoms with Crippen LogP contribution < -0.4 is 16.2 Å². The first kappa shape index (κ1) is 21.9. The second-order valence-electron chi connectivity index (χ2n) is 7.17. The average Bonchev–Trinajstić information content (AvgIpc) is 3.27. The van der Waals surface area contributed by atoms with Gasteiger partial charge in [0.15, 0.2) is 26.1 Å². The number of sulfone groups is 1. The van der Waals surface area contributed by atoms with E-state index in [0.29, 0.717) is 4.90 Å². The SMILES string of the molecule is CCO/N=C(\C(=O)N[C@@H]1C(=O)N2[C@@H]1S(=O)(=O)C[C@@H]1CC(=O)O[C@@]12C(=O)[O-])c1csc(N)n1. The van der Waals surface area contributed by atoms with Crippen molar-refractivity contribution in [2.45, 2.75) is 30.5 Å². The van der Waals surface area contributed by atoms with Crippen LogP contribution >= 0.6 is 11.3 Å². The Balaban J connectivity index is 1.65. The van der Waals surface area contributed by atoms with Crippen LogP contribution in [0.2, 0.25) is 0 Å². The number of carbonyl (C=O) groups excluding carboxylic acids is 4. The molecule has 0 spiro atoms. The minimum atomic E-state index is -4.14. The van der Waals surface area contributed by atoms with E-state index in [9.17, 15) is 32.7 Å². The molecule has 16 heteroatoms. The number of nitrogens with one attached hydrogen (secondary N) is 1. The van der Waals surface area contributed by atoms with Gasteiger partial charge in [-0.15, -0.1) is 11.3 Å². The summed E-state index contributed by atoms with van der Waals surface area (Å²) in [5.41, 5.74) is 2.69. The summed E-state index contributed by atoms with van der Waals surface area (Å²) < 4.78 is 30.5. The number of thiazole rings is 1. The van der Waals surface area contributed by atoms with E-state index >= 15 is 0 Å². The van der Waals surface area contributed by atoms with Gasteiger partial charge in [0.05, 0.1) is 12.2 Å². The zero-order valence-corrected chi connectivity index (χ0v) is 18.0. The van der Waals surface area contributed by atoms with E-state index < -0.39 is 68.8 Å². The van der Waals surface area contributed by atoms with Crippen molar-refractivity contribution < 1.29 is 42.3 Å². The summed E-state index contributed by atoms with van der Waals surface area (Å²) in [5, 5.41) is 17.5. The molecule has 1 aromatic heterocycles. The van der Waals surface area contributed by atoms with E-state index in [1.807, 2.05) is 0 Å². The number of hydrogen-bond acceptors (Lipinski definition) is 13. The molecule has 3 aliphatic rings. The average molecular weight is 486 g/mol. The molecule has 3 saturated heterocycles. The molecule has 3 N–H and O–H groups in total. The molecule has 4 atom stereocenters. The fourth-order valence-corrected chi connectivity index (χ4v) is 6.83. The summed E-state index contributed by atoms with van der Waals surface area (Å²) in [6, 6.07) is -1.65. The van der Waals surface area contributed by atoms with Gasteiger partial charge in [0.2, 0.25) is 5.72 Å². The number of carboxylic acid groups (broad SMARTS) is 1. The van der Waals surface area contributed by atoms with Gasteiger partial charge in [0.1, 0.15) is 24.3 Å². The number of fused-ring (bicyclic) bond motifs is 3. The van der Waals surface area contributed by atoms with Crippen molar-refractivity contribution in [3.63, 3.8) is 0 Å². The highest BCUT2D eigenvalue weighted by Gasteiger charge is 2.72. The zero-order chi connectivity index (χ0) is 23.4. The number of nitrogens with two attached hydrogens (primary N) is 1. The minimum Gasteiger partial charge on any atom is -0.544 e. The number of ether oxygens (including phenoxy) is 1. The van der Waals surface area contributed by atoms with E-state index in [1.165, 1.54) is 5.38 Å². The van der Waals surface area contributed by atoms with Crippen LogP contribution in [0.15, 0.2) is 10.5 Å². The Labute approximate surface area is 184 Å². The van der Waals surface area contributed by atoms with E-state index in [2.05, 4.69) is 15.5 Å². The van der Waals surface area contributed by atoms with Crippen LogP contribution in [0.1, 0.15) is 19.0 Å². The van der Waals surface area contributed by atoms with Crippen LogP contribution in [0.5, 0.6) is 0 Å². The maximum atomic E-state index is 12.8. The molecule has 0 radical (unpaired) electrons. The maximum absolute atomic E-state index is 12.8. The molecule has 0 unspecified atom stereocenters. The molecule has 1 aromatic rings. The molecule has 0 saturated carbocycles. The van der Waals surface area contributed by atoms with Crippen molar-refractivity contribution in [2.24, 2.45) is 11.1 Å². The molecule has 0 bridgehead atoms. The zero-order valence-electron chi connectivity index (χ0n) is 16.3. The molecule has 4 heterocycles. The molecule has 172 valence electrons. The third-order valence-electron chi connectivity index (χ3n) is 5.28. The number of amides is 2. The molecule has 0 aromatic carbocycles. The highest BCUT2D eigenvalue weighted by molar-refractivity contribution is 7.92. The van der Waals surface area contributed by atoms with Gasteiger partial charge in [-0.05, 0) is 6.92 Å². The fraction of sp³-hybridized carbons (Fsp3) is 0.500. The molecular formula is C16H16N5O9S2-. The quantitative estimate of drug-likeness (QED) is 0.175. The summed E-state index contributed by atoms with van der Waals surface area (Å²) in [5.74, 6) is -7.01. The van der Waals surface area contributed by atoms with Crippen molar-refractivity contribution >= 4 is 55.8 Å². The van der Waals surface area contributed by atoms with E-state index in [1.54, 1.807) is 6.92 Å². The van der Waals surface area contributed by atoms with Crippen molar-refractivity contribution in [1.29, 1.82) is 0 Å². The van der Waals surface area contributed by atoms with E-state index in [0.717, 1.165) is 11.3 Å².